The van der Waals surface area contributed by atoms with Crippen LogP contribution in [0.4, 0.5) is 13.2 Å². The van der Waals surface area contributed by atoms with E-state index in [1.54, 1.807) is 18.5 Å². The third-order valence-corrected chi connectivity index (χ3v) is 4.01. The van der Waals surface area contributed by atoms with Crippen LogP contribution in [0.1, 0.15) is 11.4 Å². The number of hydrogen-bond donors (Lipinski definition) is 0. The van der Waals surface area contributed by atoms with Gasteiger partial charge in [0.2, 0.25) is 0 Å². The molecule has 1 aromatic heterocycles. The van der Waals surface area contributed by atoms with Crippen molar-refractivity contribution in [1.82, 2.24) is 9.55 Å². The van der Waals surface area contributed by atoms with E-state index in [2.05, 4.69) is 20.9 Å². The number of hydrogen-bond acceptors (Lipinski definition) is 1. The van der Waals surface area contributed by atoms with E-state index in [9.17, 15) is 13.2 Å². The van der Waals surface area contributed by atoms with E-state index in [1.807, 2.05) is 0 Å². The zero-order valence-electron chi connectivity index (χ0n) is 8.86. The van der Waals surface area contributed by atoms with E-state index in [0.717, 1.165) is 6.07 Å². The molecule has 0 saturated heterocycles. The van der Waals surface area contributed by atoms with Gasteiger partial charge < -0.3 is 4.57 Å². The molecular formula is C10H7BrClF3N2. The summed E-state index contributed by atoms with van der Waals surface area (Å²) in [6.07, 6.45) is -4.45. The monoisotopic (exact) mass is 326 g/mol. The van der Waals surface area contributed by atoms with Crippen molar-refractivity contribution in [2.75, 3.05) is 0 Å². The molecule has 0 radical (unpaired) electrons. The highest BCUT2D eigenvalue weighted by Gasteiger charge is 2.35. The first-order valence-corrected chi connectivity index (χ1v) is 5.78. The molecule has 1 heterocycles. The summed E-state index contributed by atoms with van der Waals surface area (Å²) in [5.41, 5.74) is -0.0624. The Morgan fingerprint density at radius 1 is 1.41 bits per heavy atom. The van der Waals surface area contributed by atoms with Crippen LogP contribution in [0.5, 0.6) is 0 Å². The second-order valence-corrected chi connectivity index (χ2v) is 4.81. The second kappa shape index (κ2) is 3.88. The highest BCUT2D eigenvalue weighted by molar-refractivity contribution is 9.10. The number of rotatable bonds is 0. The summed E-state index contributed by atoms with van der Waals surface area (Å²) in [5, 5.41) is -0.0153. The fourth-order valence-corrected chi connectivity index (χ4v) is 2.35. The third-order valence-electron chi connectivity index (χ3n) is 2.59. The summed E-state index contributed by atoms with van der Waals surface area (Å²) in [4.78, 5) is 4.13. The molecule has 0 aliphatic heterocycles. The van der Waals surface area contributed by atoms with Crippen molar-refractivity contribution in [3.8, 4) is 0 Å². The largest absolute Gasteiger partial charge is 0.417 e. The molecule has 0 bridgehead atoms. The quantitative estimate of drug-likeness (QED) is 0.705. The average molecular weight is 328 g/mol. The van der Waals surface area contributed by atoms with Crippen molar-refractivity contribution >= 4 is 38.6 Å². The molecule has 0 spiro atoms. The van der Waals surface area contributed by atoms with Crippen LogP contribution >= 0.6 is 27.5 Å². The molecule has 2 aromatic rings. The maximum absolute atomic E-state index is 12.8. The molecule has 0 N–H and O–H groups in total. The Hall–Kier alpha value is -0.750. The van der Waals surface area contributed by atoms with E-state index in [1.165, 1.54) is 0 Å². The summed E-state index contributed by atoms with van der Waals surface area (Å²) < 4.78 is 39.7. The molecule has 2 rings (SSSR count). The third kappa shape index (κ3) is 1.93. The summed E-state index contributed by atoms with van der Waals surface area (Å²) in [5.74, 6) is 0.605. The van der Waals surface area contributed by atoms with E-state index >= 15 is 0 Å². The topological polar surface area (TPSA) is 17.8 Å². The van der Waals surface area contributed by atoms with Crippen LogP contribution in [-0.4, -0.2) is 9.55 Å². The normalized spacial score (nSPS) is 12.4. The molecule has 0 aliphatic carbocycles. The Bertz CT molecular complexity index is 604. The summed E-state index contributed by atoms with van der Waals surface area (Å²) in [6.45, 7) is 1.71. The number of nitrogens with zero attached hydrogens (tertiary/aromatic N) is 2. The van der Waals surface area contributed by atoms with E-state index in [4.69, 9.17) is 11.6 Å². The summed E-state index contributed by atoms with van der Waals surface area (Å²) >= 11 is 8.77. The molecule has 0 saturated carbocycles. The molecule has 7 heteroatoms. The van der Waals surface area contributed by atoms with Crippen LogP contribution in [0.15, 0.2) is 10.5 Å². The molecule has 0 aliphatic rings. The molecule has 0 unspecified atom stereocenters. The molecule has 0 atom stereocenters. The first-order valence-electron chi connectivity index (χ1n) is 4.61. The lowest BCUT2D eigenvalue weighted by atomic mass is 10.2. The van der Waals surface area contributed by atoms with Crippen molar-refractivity contribution in [1.29, 1.82) is 0 Å². The van der Waals surface area contributed by atoms with Crippen molar-refractivity contribution in [2.24, 2.45) is 7.05 Å². The van der Waals surface area contributed by atoms with Gasteiger partial charge in [-0.25, -0.2) is 4.98 Å². The number of benzene rings is 1. The van der Waals surface area contributed by atoms with Gasteiger partial charge >= 0.3 is 6.18 Å². The minimum atomic E-state index is -4.45. The Morgan fingerprint density at radius 3 is 2.53 bits per heavy atom. The van der Waals surface area contributed by atoms with Crippen molar-refractivity contribution in [3.63, 3.8) is 0 Å². The van der Waals surface area contributed by atoms with Gasteiger partial charge in [0.1, 0.15) is 11.3 Å². The van der Waals surface area contributed by atoms with Gasteiger partial charge in [0.05, 0.1) is 20.6 Å². The second-order valence-electron chi connectivity index (χ2n) is 3.64. The van der Waals surface area contributed by atoms with Crippen molar-refractivity contribution < 1.29 is 13.2 Å². The Kier molecular flexibility index (Phi) is 2.90. The summed E-state index contributed by atoms with van der Waals surface area (Å²) in [6, 6.07) is 1.05. The minimum Gasteiger partial charge on any atom is -0.331 e. The van der Waals surface area contributed by atoms with E-state index in [-0.39, 0.29) is 9.50 Å². The fraction of sp³-hybridized carbons (Fsp3) is 0.300. The van der Waals surface area contributed by atoms with Gasteiger partial charge in [-0.3, -0.25) is 0 Å². The standard InChI is InChI=1S/C10H7BrClF3N2/c1-4-16-9-6(17(4)2)3-5(10(13,14)15)7(11)8(9)12/h3H,1-2H3. The number of aromatic nitrogens is 2. The van der Waals surface area contributed by atoms with Gasteiger partial charge in [-0.2, -0.15) is 13.2 Å². The van der Waals surface area contributed by atoms with E-state index < -0.39 is 11.7 Å². The lowest BCUT2D eigenvalue weighted by Crippen LogP contribution is -2.07. The van der Waals surface area contributed by atoms with Gasteiger partial charge in [-0.1, -0.05) is 11.6 Å². The molecule has 0 amide bonds. The molecule has 2 nitrogen and oxygen atoms in total. The Labute approximate surface area is 109 Å². The van der Waals surface area contributed by atoms with Crippen molar-refractivity contribution in [3.05, 3.63) is 26.9 Å². The highest BCUT2D eigenvalue weighted by atomic mass is 79.9. The molecule has 17 heavy (non-hydrogen) atoms. The lowest BCUT2D eigenvalue weighted by molar-refractivity contribution is -0.138. The van der Waals surface area contributed by atoms with E-state index in [0.29, 0.717) is 16.9 Å². The number of fused-ring (bicyclic) bond motifs is 1. The molecular weight excluding hydrogens is 320 g/mol. The number of halogens is 5. The number of aryl methyl sites for hydroxylation is 2. The van der Waals surface area contributed by atoms with Crippen LogP contribution in [0, 0.1) is 6.92 Å². The summed E-state index contributed by atoms with van der Waals surface area (Å²) in [7, 11) is 1.65. The van der Waals surface area contributed by atoms with Gasteiger partial charge in [0.15, 0.2) is 0 Å². The van der Waals surface area contributed by atoms with Crippen LogP contribution < -0.4 is 0 Å². The molecule has 0 fully saturated rings. The predicted octanol–water partition coefficient (Wildman–Crippen LogP) is 4.32. The highest BCUT2D eigenvalue weighted by Crippen LogP contribution is 2.41. The minimum absolute atomic E-state index is 0.0153. The maximum atomic E-state index is 12.8. The molecule has 92 valence electrons. The number of imidazole rings is 1. The van der Waals surface area contributed by atoms with Crippen molar-refractivity contribution in [2.45, 2.75) is 13.1 Å². The Balaban J connectivity index is 2.90. The van der Waals surface area contributed by atoms with Gasteiger partial charge in [-0.05, 0) is 28.9 Å². The van der Waals surface area contributed by atoms with Gasteiger partial charge in [0.25, 0.3) is 0 Å². The Morgan fingerprint density at radius 2 is 2.00 bits per heavy atom. The fourth-order valence-electron chi connectivity index (χ4n) is 1.58. The number of alkyl halides is 3. The van der Waals surface area contributed by atoms with Crippen LogP contribution in [0.25, 0.3) is 11.0 Å². The van der Waals surface area contributed by atoms with Crippen LogP contribution in [-0.2, 0) is 13.2 Å². The zero-order valence-corrected chi connectivity index (χ0v) is 11.2. The zero-order chi connectivity index (χ0) is 13.0. The smallest absolute Gasteiger partial charge is 0.331 e. The lowest BCUT2D eigenvalue weighted by Gasteiger charge is -2.11. The first-order chi connectivity index (χ1) is 7.73. The van der Waals surface area contributed by atoms with Gasteiger partial charge in [-0.15, -0.1) is 0 Å². The van der Waals surface area contributed by atoms with Gasteiger partial charge in [0, 0.05) is 7.05 Å². The van der Waals surface area contributed by atoms with Crippen LogP contribution in [0.3, 0.4) is 0 Å². The van der Waals surface area contributed by atoms with Crippen LogP contribution in [0.2, 0.25) is 5.02 Å². The first kappa shape index (κ1) is 12.7. The average Bonchev–Trinajstić information content (AvgIpc) is 2.48. The predicted molar refractivity (Wildman–Crippen MR) is 63.2 cm³/mol. The molecule has 1 aromatic carbocycles. The maximum Gasteiger partial charge on any atom is 0.417 e. The SMILES string of the molecule is Cc1nc2c(Cl)c(Br)c(C(F)(F)F)cc2n1C.